The number of hydrogen-bond donors (Lipinski definition) is 7. The fourth-order valence-electron chi connectivity index (χ4n) is 5.68. The van der Waals surface area contributed by atoms with Gasteiger partial charge in [-0.3, -0.25) is 29.5 Å². The minimum Gasteiger partial charge on any atom is -0.508 e. The molecule has 3 amide bonds. The molecule has 0 spiro atoms. The Hall–Kier alpha value is -3.47. The van der Waals surface area contributed by atoms with E-state index in [1.165, 1.54) is 12.1 Å². The molecule has 13 nitrogen and oxygen atoms in total. The first-order chi connectivity index (χ1) is 19.6. The van der Waals surface area contributed by atoms with E-state index in [0.29, 0.717) is 67.8 Å². The molecule has 7 N–H and O–H groups in total. The van der Waals surface area contributed by atoms with Crippen LogP contribution in [0.15, 0.2) is 18.2 Å². The number of aliphatic hydroxyl groups is 4. The number of aromatic hydroxyl groups is 1. The summed E-state index contributed by atoms with van der Waals surface area (Å²) in [4.78, 5) is 40.6. The van der Waals surface area contributed by atoms with Crippen molar-refractivity contribution in [2.45, 2.75) is 36.6 Å². The van der Waals surface area contributed by atoms with Crippen LogP contribution in [0.1, 0.15) is 27.0 Å². The number of nitrogens with one attached hydrogen (secondary N) is 2. The lowest BCUT2D eigenvalue weighted by atomic mass is 9.66. The molecule has 2 fully saturated rings. The second-order valence-corrected chi connectivity index (χ2v) is 11.0. The number of anilines is 1. The number of halogens is 1. The van der Waals surface area contributed by atoms with Crippen molar-refractivity contribution in [2.75, 3.05) is 31.6 Å². The van der Waals surface area contributed by atoms with Gasteiger partial charge in [0.2, 0.25) is 0 Å². The van der Waals surface area contributed by atoms with Crippen molar-refractivity contribution in [1.29, 1.82) is 0 Å². The van der Waals surface area contributed by atoms with E-state index in [1.54, 1.807) is 27.1 Å². The third-order valence-electron chi connectivity index (χ3n) is 8.59. The van der Waals surface area contributed by atoms with Crippen LogP contribution in [0.4, 0.5) is 10.1 Å². The molecule has 0 bridgehead atoms. The molecule has 0 aromatic heterocycles. The lowest BCUT2D eigenvalue weighted by molar-refractivity contribution is -0.345. The molecule has 0 aliphatic carbocycles. The van der Waals surface area contributed by atoms with Crippen LogP contribution in [-0.4, -0.2) is 120 Å². The van der Waals surface area contributed by atoms with Crippen molar-refractivity contribution in [3.63, 3.8) is 0 Å². The van der Waals surface area contributed by atoms with Gasteiger partial charge in [-0.25, -0.2) is 4.39 Å². The minimum absolute atomic E-state index is 0.00866. The summed E-state index contributed by atoms with van der Waals surface area (Å²) in [6.07, 6.45) is 0. The first-order valence-corrected chi connectivity index (χ1v) is 13.4. The van der Waals surface area contributed by atoms with E-state index in [9.17, 15) is 39.9 Å². The van der Waals surface area contributed by atoms with Crippen LogP contribution in [0.25, 0.3) is 0 Å². The van der Waals surface area contributed by atoms with Gasteiger partial charge in [0.05, 0.1) is 19.8 Å². The SMILES string of the molecule is Bc1c(F)c(CNc2cccc3c2CN(C2(O)C(=O)NC(=O)C(B)(O)C2(O)O)C3=O)c(B)c(O)c1CN1CCOCC1. The number of carbonyl (C=O) groups is 3. The Bertz CT molecular complexity index is 1470. The molecule has 3 heterocycles. The molecule has 3 aliphatic heterocycles. The van der Waals surface area contributed by atoms with E-state index >= 15 is 4.39 Å². The van der Waals surface area contributed by atoms with Gasteiger partial charge >= 0.3 is 0 Å². The number of ether oxygens (including phenoxy) is 1. The number of phenols is 1. The number of amides is 3. The Morgan fingerprint density at radius 3 is 2.36 bits per heavy atom. The highest BCUT2D eigenvalue weighted by Crippen LogP contribution is 2.42. The van der Waals surface area contributed by atoms with Crippen molar-refractivity contribution in [3.05, 3.63) is 46.3 Å². The van der Waals surface area contributed by atoms with Gasteiger partial charge in [-0.1, -0.05) is 6.07 Å². The van der Waals surface area contributed by atoms with Crippen molar-refractivity contribution < 1.29 is 49.0 Å². The van der Waals surface area contributed by atoms with Gasteiger partial charge < -0.3 is 35.6 Å². The molecule has 2 aromatic rings. The predicted molar refractivity (Wildman–Crippen MR) is 153 cm³/mol. The van der Waals surface area contributed by atoms with E-state index in [1.807, 2.05) is 0 Å². The largest absolute Gasteiger partial charge is 0.508 e. The van der Waals surface area contributed by atoms with Crippen LogP contribution in [0.3, 0.4) is 0 Å². The third kappa shape index (κ3) is 4.30. The summed E-state index contributed by atoms with van der Waals surface area (Å²) in [5.74, 6) is -8.36. The Kier molecular flexibility index (Phi) is 7.40. The van der Waals surface area contributed by atoms with Crippen molar-refractivity contribution in [1.82, 2.24) is 15.1 Å². The van der Waals surface area contributed by atoms with E-state index < -0.39 is 47.1 Å². The highest BCUT2D eigenvalue weighted by atomic mass is 19.1. The Morgan fingerprint density at radius 1 is 1.02 bits per heavy atom. The summed E-state index contributed by atoms with van der Waals surface area (Å²) in [5, 5.41) is 58.7. The molecule has 2 unspecified atom stereocenters. The fraction of sp³-hybridized carbons (Fsp3) is 0.400. The Balaban J connectivity index is 1.42. The van der Waals surface area contributed by atoms with Gasteiger partial charge in [-0.15, -0.1) is 0 Å². The monoisotopic (exact) mass is 582 g/mol. The molecule has 2 atom stereocenters. The maximum absolute atomic E-state index is 15.6. The van der Waals surface area contributed by atoms with Gasteiger partial charge in [0.1, 0.15) is 27.3 Å². The Morgan fingerprint density at radius 2 is 1.69 bits per heavy atom. The van der Waals surface area contributed by atoms with Crippen LogP contribution in [0.2, 0.25) is 0 Å². The first-order valence-electron chi connectivity index (χ1n) is 13.4. The average molecular weight is 582 g/mol. The highest BCUT2D eigenvalue weighted by molar-refractivity contribution is 6.39. The van der Waals surface area contributed by atoms with Gasteiger partial charge in [0.15, 0.2) is 13.3 Å². The lowest BCUT2D eigenvalue weighted by Crippen LogP contribution is -2.85. The quantitative estimate of drug-likeness (QED) is 0.0975. The van der Waals surface area contributed by atoms with Crippen LogP contribution in [0, 0.1) is 5.82 Å². The van der Waals surface area contributed by atoms with Crippen LogP contribution < -0.4 is 21.6 Å². The van der Waals surface area contributed by atoms with Crippen molar-refractivity contribution in [3.8, 4) is 5.75 Å². The average Bonchev–Trinajstić information content (AvgIpc) is 3.30. The fourth-order valence-corrected chi connectivity index (χ4v) is 5.68. The van der Waals surface area contributed by atoms with Crippen molar-refractivity contribution >= 4 is 57.9 Å². The van der Waals surface area contributed by atoms with E-state index in [2.05, 4.69) is 10.2 Å². The van der Waals surface area contributed by atoms with Gasteiger partial charge in [0, 0.05) is 54.1 Å². The van der Waals surface area contributed by atoms with Crippen molar-refractivity contribution in [2.24, 2.45) is 0 Å². The molecule has 0 saturated carbocycles. The van der Waals surface area contributed by atoms with E-state index in [-0.39, 0.29) is 29.0 Å². The van der Waals surface area contributed by atoms with Crippen LogP contribution in [-0.2, 0) is 34.0 Å². The third-order valence-corrected chi connectivity index (χ3v) is 8.59. The molecule has 2 saturated heterocycles. The van der Waals surface area contributed by atoms with Gasteiger partial charge in [-0.2, -0.15) is 0 Å². The number of hydrogen-bond acceptors (Lipinski definition) is 11. The molecule has 220 valence electrons. The first kappa shape index (κ1) is 30.0. The number of rotatable bonds is 6. The zero-order valence-electron chi connectivity index (χ0n) is 23.3. The standard InChI is InChI=1S/C25H30B3FN4O9/c26-16-14(9-32-4-6-42-7-5-32)19(34)17(27)12(18(16)29)8-30-15-3-1-2-11-13(15)10-33(20(11)35)24(39)22(37)31-21(36)23(28,38)25(24,40)41/h1-3,30,34,38-41H,4-10,26-28H2,(H,31,36,37). The topological polar surface area (TPSA) is 192 Å². The maximum Gasteiger partial charge on any atom is 0.286 e. The lowest BCUT2D eigenvalue weighted by Gasteiger charge is -2.51. The number of morpholine rings is 1. The van der Waals surface area contributed by atoms with E-state index in [0.717, 1.165) is 0 Å². The number of piperidine rings is 1. The summed E-state index contributed by atoms with van der Waals surface area (Å²) < 4.78 is 21.0. The number of nitrogens with zero attached hydrogens (tertiary/aromatic N) is 2. The van der Waals surface area contributed by atoms with E-state index in [4.69, 9.17) is 4.74 Å². The number of phenolic OH excluding ortho intramolecular Hbond substituents is 1. The number of imide groups is 1. The number of benzene rings is 2. The summed E-state index contributed by atoms with van der Waals surface area (Å²) in [6, 6.07) is 4.45. The maximum atomic E-state index is 15.6. The zero-order valence-corrected chi connectivity index (χ0v) is 23.3. The molecule has 0 radical (unpaired) electrons. The predicted octanol–water partition coefficient (Wildman–Crippen LogP) is -6.20. The second-order valence-electron chi connectivity index (χ2n) is 11.0. The summed E-state index contributed by atoms with van der Waals surface area (Å²) in [5.41, 5.74) is -4.65. The number of carbonyl (C=O) groups excluding carboxylic acids is 3. The normalized spacial score (nSPS) is 25.8. The summed E-state index contributed by atoms with van der Waals surface area (Å²) >= 11 is 0. The van der Waals surface area contributed by atoms with Crippen LogP contribution >= 0.6 is 0 Å². The molecular formula is C25H30B3FN4O9. The molecule has 42 heavy (non-hydrogen) atoms. The van der Waals surface area contributed by atoms with Crippen LogP contribution in [0.5, 0.6) is 5.75 Å². The van der Waals surface area contributed by atoms with Gasteiger partial charge in [0.25, 0.3) is 29.2 Å². The smallest absolute Gasteiger partial charge is 0.286 e. The minimum atomic E-state index is -3.77. The summed E-state index contributed by atoms with van der Waals surface area (Å²) in [7, 11) is 3.88. The number of fused-ring (bicyclic) bond motifs is 1. The molecular weight excluding hydrogens is 552 g/mol. The second kappa shape index (κ2) is 10.4. The van der Waals surface area contributed by atoms with Gasteiger partial charge in [-0.05, 0) is 23.1 Å². The molecule has 2 aromatic carbocycles. The Labute approximate surface area is 242 Å². The highest BCUT2D eigenvalue weighted by Gasteiger charge is 2.74. The summed E-state index contributed by atoms with van der Waals surface area (Å²) in [6.45, 7) is 2.17. The molecule has 3 aliphatic rings. The zero-order chi connectivity index (χ0) is 30.8. The molecule has 5 rings (SSSR count). The molecule has 17 heteroatoms.